The largest absolute Gasteiger partial charge is 0.373 e. The second kappa shape index (κ2) is 9.48. The van der Waals surface area contributed by atoms with Crippen LogP contribution < -0.4 is 20.4 Å². The van der Waals surface area contributed by atoms with Crippen LogP contribution in [0.2, 0.25) is 0 Å². The summed E-state index contributed by atoms with van der Waals surface area (Å²) in [6.07, 6.45) is 2.28. The van der Waals surface area contributed by atoms with E-state index in [1.165, 1.54) is 10.7 Å². The van der Waals surface area contributed by atoms with Crippen LogP contribution in [0.5, 0.6) is 0 Å². The highest BCUT2D eigenvalue weighted by molar-refractivity contribution is 7.14. The maximum Gasteiger partial charge on any atom is 0.191 e. The smallest absolute Gasteiger partial charge is 0.191 e. The predicted molar refractivity (Wildman–Crippen MR) is 114 cm³/mol. The van der Waals surface area contributed by atoms with E-state index in [-0.39, 0.29) is 0 Å². The Bertz CT molecular complexity index is 663. The van der Waals surface area contributed by atoms with Gasteiger partial charge in [-0.2, -0.15) is 0 Å². The van der Waals surface area contributed by atoms with Crippen molar-refractivity contribution in [3.8, 4) is 0 Å². The molecule has 0 unspecified atom stereocenters. The van der Waals surface area contributed by atoms with E-state index in [9.17, 15) is 0 Å². The van der Waals surface area contributed by atoms with Crippen molar-refractivity contribution < 1.29 is 0 Å². The first-order valence-electron chi connectivity index (χ1n) is 9.28. The van der Waals surface area contributed by atoms with Gasteiger partial charge >= 0.3 is 0 Å². The molecular formula is C20H29N5S. The Morgan fingerprint density at radius 2 is 1.96 bits per heavy atom. The second-order valence-electron chi connectivity index (χ2n) is 6.61. The fourth-order valence-electron chi connectivity index (χ4n) is 3.24. The third kappa shape index (κ3) is 5.14. The van der Waals surface area contributed by atoms with Gasteiger partial charge in [0.1, 0.15) is 0 Å². The van der Waals surface area contributed by atoms with Gasteiger partial charge in [0, 0.05) is 52.0 Å². The predicted octanol–water partition coefficient (Wildman–Crippen LogP) is 3.02. The van der Waals surface area contributed by atoms with E-state index in [2.05, 4.69) is 74.3 Å². The van der Waals surface area contributed by atoms with E-state index in [1.807, 2.05) is 24.5 Å². The second-order valence-corrected chi connectivity index (χ2v) is 7.54. The molecule has 0 amide bonds. The summed E-state index contributed by atoms with van der Waals surface area (Å²) >= 11 is 1.83. The van der Waals surface area contributed by atoms with Crippen LogP contribution in [0, 0.1) is 0 Å². The van der Waals surface area contributed by atoms with Crippen molar-refractivity contribution in [2.24, 2.45) is 4.99 Å². The molecule has 0 bridgehead atoms. The molecule has 2 N–H and O–H groups in total. The lowest BCUT2D eigenvalue weighted by atomic mass is 10.1. The van der Waals surface area contributed by atoms with Crippen LogP contribution in [-0.4, -0.2) is 52.3 Å². The quantitative estimate of drug-likeness (QED) is 0.605. The molecule has 1 fully saturated rings. The monoisotopic (exact) mass is 371 g/mol. The van der Waals surface area contributed by atoms with E-state index < -0.39 is 0 Å². The van der Waals surface area contributed by atoms with E-state index in [1.54, 1.807) is 0 Å². The SMILES string of the molecule is CN=C(NCCN(C)c1ccccc1)NC1CCN(c2cccs2)CC1. The van der Waals surface area contributed by atoms with Gasteiger partial charge in [0.05, 0.1) is 5.00 Å². The molecule has 140 valence electrons. The van der Waals surface area contributed by atoms with Crippen molar-refractivity contribution >= 4 is 28.0 Å². The van der Waals surface area contributed by atoms with Gasteiger partial charge in [-0.25, -0.2) is 0 Å². The Hall–Kier alpha value is -2.21. The zero-order valence-electron chi connectivity index (χ0n) is 15.7. The first-order chi connectivity index (χ1) is 12.8. The number of aliphatic imine (C=N–C) groups is 1. The molecule has 1 aromatic heterocycles. The lowest BCUT2D eigenvalue weighted by Gasteiger charge is -2.33. The van der Waals surface area contributed by atoms with Crippen molar-refractivity contribution in [1.29, 1.82) is 0 Å². The Balaban J connectivity index is 1.38. The topological polar surface area (TPSA) is 42.9 Å². The van der Waals surface area contributed by atoms with E-state index in [4.69, 9.17) is 0 Å². The van der Waals surface area contributed by atoms with Gasteiger partial charge in [-0.1, -0.05) is 18.2 Å². The fraction of sp³-hybridized carbons (Fsp3) is 0.450. The minimum absolute atomic E-state index is 0.490. The molecule has 6 heteroatoms. The fourth-order valence-corrected chi connectivity index (χ4v) is 4.02. The molecule has 0 radical (unpaired) electrons. The molecule has 1 aliphatic heterocycles. The number of nitrogens with zero attached hydrogens (tertiary/aromatic N) is 3. The van der Waals surface area contributed by atoms with Crippen LogP contribution in [0.4, 0.5) is 10.7 Å². The van der Waals surface area contributed by atoms with Crippen molar-refractivity contribution in [2.45, 2.75) is 18.9 Å². The molecular weight excluding hydrogens is 342 g/mol. The van der Waals surface area contributed by atoms with Gasteiger partial charge < -0.3 is 20.4 Å². The van der Waals surface area contributed by atoms with E-state index >= 15 is 0 Å². The maximum atomic E-state index is 4.39. The van der Waals surface area contributed by atoms with Crippen LogP contribution in [0.3, 0.4) is 0 Å². The number of benzene rings is 1. The van der Waals surface area contributed by atoms with Gasteiger partial charge in [0.25, 0.3) is 0 Å². The number of para-hydroxylation sites is 1. The van der Waals surface area contributed by atoms with Gasteiger partial charge in [-0.05, 0) is 42.5 Å². The zero-order valence-corrected chi connectivity index (χ0v) is 16.5. The minimum Gasteiger partial charge on any atom is -0.373 e. The van der Waals surface area contributed by atoms with E-state index in [0.29, 0.717) is 6.04 Å². The maximum absolute atomic E-state index is 4.39. The molecule has 1 aromatic carbocycles. The van der Waals surface area contributed by atoms with Crippen LogP contribution in [0.25, 0.3) is 0 Å². The first-order valence-corrected chi connectivity index (χ1v) is 10.2. The number of likely N-dealkylation sites (N-methyl/N-ethyl adjacent to an activating group) is 1. The number of rotatable bonds is 6. The summed E-state index contributed by atoms with van der Waals surface area (Å²) in [5, 5.41) is 10.6. The van der Waals surface area contributed by atoms with Crippen molar-refractivity contribution in [1.82, 2.24) is 10.6 Å². The highest BCUT2D eigenvalue weighted by Gasteiger charge is 2.20. The molecule has 3 rings (SSSR count). The summed E-state index contributed by atoms with van der Waals surface area (Å²) in [5.41, 5.74) is 1.23. The van der Waals surface area contributed by atoms with Crippen LogP contribution >= 0.6 is 11.3 Å². The number of anilines is 2. The standard InChI is InChI=1S/C20H29N5S/c1-21-20(22-12-15-24(2)18-7-4-3-5-8-18)23-17-10-13-25(14-11-17)19-9-6-16-26-19/h3-9,16-17H,10-15H2,1-2H3,(H2,21,22,23). The van der Waals surface area contributed by atoms with Gasteiger partial charge in [0.2, 0.25) is 0 Å². The number of guanidine groups is 1. The highest BCUT2D eigenvalue weighted by Crippen LogP contribution is 2.24. The number of piperidine rings is 1. The van der Waals surface area contributed by atoms with Crippen LogP contribution in [-0.2, 0) is 0 Å². The lowest BCUT2D eigenvalue weighted by molar-refractivity contribution is 0.463. The first kappa shape index (κ1) is 18.6. The minimum atomic E-state index is 0.490. The molecule has 5 nitrogen and oxygen atoms in total. The van der Waals surface area contributed by atoms with Crippen molar-refractivity contribution in [3.05, 3.63) is 47.8 Å². The Morgan fingerprint density at radius 1 is 1.19 bits per heavy atom. The molecule has 0 saturated carbocycles. The molecule has 0 atom stereocenters. The third-order valence-corrected chi connectivity index (χ3v) is 5.74. The molecule has 2 heterocycles. The van der Waals surface area contributed by atoms with Crippen LogP contribution in [0.1, 0.15) is 12.8 Å². The third-order valence-electron chi connectivity index (χ3n) is 4.81. The average Bonchev–Trinajstić information content (AvgIpc) is 3.23. The summed E-state index contributed by atoms with van der Waals surface area (Å²) in [4.78, 5) is 9.11. The number of hydrogen-bond donors (Lipinski definition) is 2. The molecule has 0 spiro atoms. The molecule has 26 heavy (non-hydrogen) atoms. The van der Waals surface area contributed by atoms with Crippen molar-refractivity contribution in [3.63, 3.8) is 0 Å². The van der Waals surface area contributed by atoms with Crippen molar-refractivity contribution in [2.75, 3.05) is 50.1 Å². The zero-order chi connectivity index (χ0) is 18.2. The van der Waals surface area contributed by atoms with E-state index in [0.717, 1.165) is 45.0 Å². The summed E-state index contributed by atoms with van der Waals surface area (Å²) in [7, 11) is 3.96. The molecule has 2 aromatic rings. The average molecular weight is 372 g/mol. The molecule has 1 saturated heterocycles. The van der Waals surface area contributed by atoms with Gasteiger partial charge in [-0.3, -0.25) is 4.99 Å². The van der Waals surface area contributed by atoms with Gasteiger partial charge in [-0.15, -0.1) is 11.3 Å². The molecule has 1 aliphatic rings. The Labute approximate surface area is 160 Å². The number of thiophene rings is 1. The number of hydrogen-bond acceptors (Lipinski definition) is 4. The lowest BCUT2D eigenvalue weighted by Crippen LogP contribution is -2.49. The Morgan fingerprint density at radius 3 is 2.62 bits per heavy atom. The normalized spacial score (nSPS) is 15.8. The van der Waals surface area contributed by atoms with Gasteiger partial charge in [0.15, 0.2) is 5.96 Å². The number of nitrogens with one attached hydrogen (secondary N) is 2. The summed E-state index contributed by atoms with van der Waals surface area (Å²) in [5.74, 6) is 0.904. The summed E-state index contributed by atoms with van der Waals surface area (Å²) in [6, 6.07) is 15.3. The summed E-state index contributed by atoms with van der Waals surface area (Å²) < 4.78 is 0. The Kier molecular flexibility index (Phi) is 6.77. The van der Waals surface area contributed by atoms with Crippen LogP contribution in [0.15, 0.2) is 52.8 Å². The highest BCUT2D eigenvalue weighted by atomic mass is 32.1. The molecule has 0 aliphatic carbocycles. The summed E-state index contributed by atoms with van der Waals surface area (Å²) in [6.45, 7) is 4.00.